The van der Waals surface area contributed by atoms with Gasteiger partial charge in [-0.25, -0.2) is 4.85 Å². The van der Waals surface area contributed by atoms with Crippen LogP contribution in [-0.2, 0) is 0 Å². The van der Waals surface area contributed by atoms with Crippen LogP contribution in [-0.4, -0.2) is 0 Å². The van der Waals surface area contributed by atoms with Crippen LogP contribution in [0.1, 0.15) is 0 Å². The summed E-state index contributed by atoms with van der Waals surface area (Å²) in [6, 6.07) is 49.4. The lowest BCUT2D eigenvalue weighted by Crippen LogP contribution is -1.86. The Morgan fingerprint density at radius 2 is 0.947 bits per heavy atom. The van der Waals surface area contributed by atoms with Crippen molar-refractivity contribution >= 4 is 38.0 Å². The van der Waals surface area contributed by atoms with E-state index in [-0.39, 0.29) is 0 Å². The second kappa shape index (κ2) is 9.04. The van der Waals surface area contributed by atoms with Crippen LogP contribution in [0.25, 0.3) is 70.5 Å². The maximum absolute atomic E-state index is 7.46. The number of hydrogen-bond donors (Lipinski definition) is 0. The lowest BCUT2D eigenvalue weighted by molar-refractivity contribution is 1.60. The van der Waals surface area contributed by atoms with Gasteiger partial charge in [0.1, 0.15) is 0 Å². The summed E-state index contributed by atoms with van der Waals surface area (Å²) in [5.74, 6) is 0. The Morgan fingerprint density at radius 3 is 1.74 bits per heavy atom. The third-order valence-corrected chi connectivity index (χ3v) is 7.47. The van der Waals surface area contributed by atoms with E-state index in [0.29, 0.717) is 5.69 Å². The van der Waals surface area contributed by atoms with Crippen LogP contribution in [0.15, 0.2) is 140 Å². The molecule has 0 spiro atoms. The van der Waals surface area contributed by atoms with Crippen molar-refractivity contribution in [3.05, 3.63) is 151 Å². The fourth-order valence-electron chi connectivity index (χ4n) is 5.54. The smallest absolute Gasteiger partial charge is 0.194 e. The molecule has 1 nitrogen and oxygen atoms in total. The number of nitrogens with zero attached hydrogens (tertiary/aromatic N) is 1. The number of fused-ring (bicyclic) bond motifs is 4. The Bertz CT molecular complexity index is 2020. The second-order valence-corrected chi connectivity index (χ2v) is 9.67. The Hall–Kier alpha value is -5.19. The summed E-state index contributed by atoms with van der Waals surface area (Å²) in [4.78, 5) is 3.67. The van der Waals surface area contributed by atoms with Crippen molar-refractivity contribution in [2.24, 2.45) is 0 Å². The highest BCUT2D eigenvalue weighted by Crippen LogP contribution is 2.37. The topological polar surface area (TPSA) is 4.36 Å². The van der Waals surface area contributed by atoms with Gasteiger partial charge in [-0.2, -0.15) is 0 Å². The summed E-state index contributed by atoms with van der Waals surface area (Å²) in [5.41, 5.74) is 7.57. The van der Waals surface area contributed by atoms with Gasteiger partial charge in [0.2, 0.25) is 0 Å². The highest BCUT2D eigenvalue weighted by Gasteiger charge is 2.10. The standard InChI is InChI=1S/C37H23N/c1-38-37-13-7-6-10-33(37)26-16-14-25(15-17-26)27-18-19-29-23-31(21-20-28(29)22-27)36-24-30-8-2-3-9-32(30)34-11-4-5-12-35(34)36/h2-24H. The van der Waals surface area contributed by atoms with Crippen molar-refractivity contribution in [1.29, 1.82) is 0 Å². The van der Waals surface area contributed by atoms with Gasteiger partial charge < -0.3 is 0 Å². The van der Waals surface area contributed by atoms with Crippen molar-refractivity contribution in [2.45, 2.75) is 0 Å². The predicted molar refractivity (Wildman–Crippen MR) is 162 cm³/mol. The van der Waals surface area contributed by atoms with Gasteiger partial charge in [0.15, 0.2) is 5.69 Å². The molecule has 0 heterocycles. The van der Waals surface area contributed by atoms with Crippen LogP contribution in [0.3, 0.4) is 0 Å². The summed E-state index contributed by atoms with van der Waals surface area (Å²) >= 11 is 0. The molecule has 0 saturated carbocycles. The summed E-state index contributed by atoms with van der Waals surface area (Å²) in [6.07, 6.45) is 0. The normalized spacial score (nSPS) is 11.1. The Labute approximate surface area is 222 Å². The van der Waals surface area contributed by atoms with E-state index in [1.54, 1.807) is 0 Å². The average Bonchev–Trinajstić information content (AvgIpc) is 3.00. The first kappa shape index (κ1) is 22.0. The quantitative estimate of drug-likeness (QED) is 0.175. The Morgan fingerprint density at radius 1 is 0.368 bits per heavy atom. The van der Waals surface area contributed by atoms with Gasteiger partial charge in [0.05, 0.1) is 6.57 Å². The van der Waals surface area contributed by atoms with Crippen molar-refractivity contribution < 1.29 is 0 Å². The van der Waals surface area contributed by atoms with Crippen LogP contribution in [0.5, 0.6) is 0 Å². The van der Waals surface area contributed by atoms with Crippen molar-refractivity contribution in [2.75, 3.05) is 0 Å². The molecule has 7 aromatic rings. The van der Waals surface area contributed by atoms with Crippen molar-refractivity contribution in [1.82, 2.24) is 0 Å². The molecule has 0 atom stereocenters. The van der Waals surface area contributed by atoms with Gasteiger partial charge in [0.25, 0.3) is 0 Å². The minimum Gasteiger partial charge on any atom is -0.238 e. The zero-order chi connectivity index (χ0) is 25.5. The zero-order valence-electron chi connectivity index (χ0n) is 20.7. The molecule has 7 aromatic carbocycles. The summed E-state index contributed by atoms with van der Waals surface area (Å²) in [7, 11) is 0. The minimum atomic E-state index is 0.681. The molecule has 0 aliphatic carbocycles. The van der Waals surface area contributed by atoms with Crippen LogP contribution in [0.4, 0.5) is 5.69 Å². The molecular weight excluding hydrogens is 458 g/mol. The summed E-state index contributed by atoms with van der Waals surface area (Å²) in [5, 5.41) is 7.57. The summed E-state index contributed by atoms with van der Waals surface area (Å²) in [6.45, 7) is 7.46. The molecule has 0 saturated heterocycles. The summed E-state index contributed by atoms with van der Waals surface area (Å²) < 4.78 is 0. The van der Waals surface area contributed by atoms with E-state index in [1.165, 1.54) is 54.6 Å². The lowest BCUT2D eigenvalue weighted by atomic mass is 9.91. The first-order valence-corrected chi connectivity index (χ1v) is 12.8. The number of para-hydroxylation sites is 1. The van der Waals surface area contributed by atoms with Gasteiger partial charge in [-0.3, -0.25) is 0 Å². The third kappa shape index (κ3) is 3.72. The highest BCUT2D eigenvalue weighted by molar-refractivity contribution is 6.14. The molecule has 0 aromatic heterocycles. The van der Waals surface area contributed by atoms with E-state index < -0.39 is 0 Å². The largest absolute Gasteiger partial charge is 0.238 e. The Kier molecular flexibility index (Phi) is 5.24. The second-order valence-electron chi connectivity index (χ2n) is 9.67. The van der Waals surface area contributed by atoms with Crippen LogP contribution < -0.4 is 0 Å². The van der Waals surface area contributed by atoms with Gasteiger partial charge in [0, 0.05) is 0 Å². The molecule has 0 aliphatic rings. The van der Waals surface area contributed by atoms with E-state index in [0.717, 1.165) is 11.1 Å². The third-order valence-electron chi connectivity index (χ3n) is 7.47. The fourth-order valence-corrected chi connectivity index (χ4v) is 5.54. The molecule has 0 amide bonds. The van der Waals surface area contributed by atoms with Crippen molar-refractivity contribution in [3.63, 3.8) is 0 Å². The van der Waals surface area contributed by atoms with Gasteiger partial charge in [-0.1, -0.05) is 121 Å². The van der Waals surface area contributed by atoms with Crippen molar-refractivity contribution in [3.8, 4) is 33.4 Å². The number of benzene rings is 7. The molecule has 0 aliphatic heterocycles. The molecule has 1 heteroatoms. The van der Waals surface area contributed by atoms with Crippen LogP contribution >= 0.6 is 0 Å². The van der Waals surface area contributed by atoms with Gasteiger partial charge in [-0.05, 0) is 83.9 Å². The van der Waals surface area contributed by atoms with E-state index in [9.17, 15) is 0 Å². The fraction of sp³-hybridized carbons (Fsp3) is 0. The monoisotopic (exact) mass is 481 g/mol. The van der Waals surface area contributed by atoms with Crippen LogP contribution in [0.2, 0.25) is 0 Å². The molecule has 0 radical (unpaired) electrons. The number of hydrogen-bond acceptors (Lipinski definition) is 0. The maximum atomic E-state index is 7.46. The van der Waals surface area contributed by atoms with Gasteiger partial charge in [-0.15, -0.1) is 0 Å². The minimum absolute atomic E-state index is 0.681. The van der Waals surface area contributed by atoms with E-state index >= 15 is 0 Å². The van der Waals surface area contributed by atoms with E-state index in [1.807, 2.05) is 24.3 Å². The van der Waals surface area contributed by atoms with Crippen LogP contribution in [0, 0.1) is 6.57 Å². The van der Waals surface area contributed by atoms with E-state index in [4.69, 9.17) is 6.57 Å². The van der Waals surface area contributed by atoms with E-state index in [2.05, 4.69) is 120 Å². The maximum Gasteiger partial charge on any atom is 0.194 e. The molecule has 38 heavy (non-hydrogen) atoms. The zero-order valence-corrected chi connectivity index (χ0v) is 20.7. The Balaban J connectivity index is 1.28. The highest BCUT2D eigenvalue weighted by atomic mass is 14.6. The first-order chi connectivity index (χ1) is 18.8. The molecule has 0 fully saturated rings. The molecular formula is C37H23N. The molecule has 0 N–H and O–H groups in total. The lowest BCUT2D eigenvalue weighted by Gasteiger charge is -2.12. The first-order valence-electron chi connectivity index (χ1n) is 12.8. The molecule has 0 bridgehead atoms. The SMILES string of the molecule is [C-]#[N+]c1ccccc1-c1ccc(-c2ccc3cc(-c4cc5ccccc5c5ccccc45)ccc3c2)cc1. The molecule has 7 rings (SSSR count). The molecule has 176 valence electrons. The van der Waals surface area contributed by atoms with Gasteiger partial charge >= 0.3 is 0 Å². The number of rotatable bonds is 3. The molecule has 0 unspecified atom stereocenters. The average molecular weight is 482 g/mol. The predicted octanol–water partition coefficient (Wildman–Crippen LogP) is 10.7.